The van der Waals surface area contributed by atoms with E-state index in [4.69, 9.17) is 21.6 Å². The number of aromatic nitrogens is 4. The van der Waals surface area contributed by atoms with Gasteiger partial charge in [0.2, 0.25) is 0 Å². The van der Waals surface area contributed by atoms with Gasteiger partial charge in [-0.05, 0) is 36.2 Å². The Balaban J connectivity index is 1.83. The minimum atomic E-state index is -0.328. The normalized spacial score (nSPS) is 12.6. The molecule has 0 radical (unpaired) electrons. The maximum absolute atomic E-state index is 13.8. The Bertz CT molecular complexity index is 1450. The predicted octanol–water partition coefficient (Wildman–Crippen LogP) is 5.84. The standard InChI is InChI=1S/C25H21ClN4O/c1-15(2)22(23-27-20-13-12-17(26)14-21(20)28-23)30-24(16-8-4-3-5-9-16)29-19-11-7-6-10-18(19)25(30)31/h3-15,22H,1-2H3,(H,27,28). The van der Waals surface area contributed by atoms with Crippen molar-refractivity contribution in [3.05, 3.63) is 94.0 Å². The lowest BCUT2D eigenvalue weighted by molar-refractivity contribution is 0.413. The van der Waals surface area contributed by atoms with E-state index in [1.54, 1.807) is 4.57 Å². The Labute approximate surface area is 184 Å². The van der Waals surface area contributed by atoms with Crippen LogP contribution in [0.25, 0.3) is 33.3 Å². The summed E-state index contributed by atoms with van der Waals surface area (Å²) in [6.07, 6.45) is 0. The van der Waals surface area contributed by atoms with Gasteiger partial charge in [-0.1, -0.05) is 67.9 Å². The summed E-state index contributed by atoms with van der Waals surface area (Å²) >= 11 is 6.17. The van der Waals surface area contributed by atoms with Gasteiger partial charge in [-0.15, -0.1) is 0 Å². The number of benzene rings is 3. The third-order valence-corrected chi connectivity index (χ3v) is 5.73. The molecule has 0 saturated heterocycles. The Kier molecular flexibility index (Phi) is 4.83. The minimum absolute atomic E-state index is 0.0818. The average Bonchev–Trinajstić information content (AvgIpc) is 3.18. The van der Waals surface area contributed by atoms with E-state index in [1.165, 1.54) is 0 Å². The first-order valence-corrected chi connectivity index (χ1v) is 10.6. The molecule has 5 nitrogen and oxygen atoms in total. The van der Waals surface area contributed by atoms with Crippen LogP contribution in [0.15, 0.2) is 77.6 Å². The Morgan fingerprint density at radius 2 is 1.65 bits per heavy atom. The third-order valence-electron chi connectivity index (χ3n) is 5.49. The molecule has 0 spiro atoms. The fraction of sp³-hybridized carbons (Fsp3) is 0.160. The van der Waals surface area contributed by atoms with Crippen molar-refractivity contribution in [1.29, 1.82) is 0 Å². The highest BCUT2D eigenvalue weighted by atomic mass is 35.5. The van der Waals surface area contributed by atoms with Gasteiger partial charge in [-0.25, -0.2) is 9.97 Å². The molecule has 0 amide bonds. The van der Waals surface area contributed by atoms with Crippen molar-refractivity contribution in [2.75, 3.05) is 0 Å². The molecule has 0 saturated carbocycles. The van der Waals surface area contributed by atoms with Crippen LogP contribution >= 0.6 is 11.6 Å². The van der Waals surface area contributed by atoms with Crippen molar-refractivity contribution in [3.8, 4) is 11.4 Å². The van der Waals surface area contributed by atoms with Crippen LogP contribution in [0.1, 0.15) is 25.7 Å². The summed E-state index contributed by atoms with van der Waals surface area (Å²) in [6, 6.07) is 22.5. The molecule has 1 atom stereocenters. The number of fused-ring (bicyclic) bond motifs is 2. The highest BCUT2D eigenvalue weighted by molar-refractivity contribution is 6.31. The lowest BCUT2D eigenvalue weighted by Gasteiger charge is -2.25. The monoisotopic (exact) mass is 428 g/mol. The van der Waals surface area contributed by atoms with E-state index in [-0.39, 0.29) is 17.5 Å². The van der Waals surface area contributed by atoms with Crippen LogP contribution in [0.2, 0.25) is 5.02 Å². The summed E-state index contributed by atoms with van der Waals surface area (Å²) in [6.45, 7) is 4.17. The van der Waals surface area contributed by atoms with Gasteiger partial charge < -0.3 is 4.98 Å². The fourth-order valence-corrected chi connectivity index (χ4v) is 4.24. The van der Waals surface area contributed by atoms with Gasteiger partial charge in [0.25, 0.3) is 5.56 Å². The minimum Gasteiger partial charge on any atom is -0.340 e. The van der Waals surface area contributed by atoms with Crippen molar-refractivity contribution in [2.24, 2.45) is 5.92 Å². The summed E-state index contributed by atoms with van der Waals surface area (Å²) in [5.74, 6) is 1.42. The van der Waals surface area contributed by atoms with Crippen LogP contribution in [-0.2, 0) is 0 Å². The zero-order valence-electron chi connectivity index (χ0n) is 17.2. The Morgan fingerprint density at radius 3 is 2.42 bits per heavy atom. The fourth-order valence-electron chi connectivity index (χ4n) is 4.07. The molecule has 5 rings (SSSR count). The molecule has 5 aromatic rings. The number of halogens is 1. The quantitative estimate of drug-likeness (QED) is 0.391. The topological polar surface area (TPSA) is 63.6 Å². The first-order chi connectivity index (χ1) is 15.0. The zero-order chi connectivity index (χ0) is 21.5. The summed E-state index contributed by atoms with van der Waals surface area (Å²) in [4.78, 5) is 26.9. The average molecular weight is 429 g/mol. The largest absolute Gasteiger partial charge is 0.340 e. The molecule has 0 aliphatic carbocycles. The van der Waals surface area contributed by atoms with E-state index < -0.39 is 0 Å². The number of imidazole rings is 1. The van der Waals surface area contributed by atoms with Crippen LogP contribution < -0.4 is 5.56 Å². The molecule has 31 heavy (non-hydrogen) atoms. The highest BCUT2D eigenvalue weighted by Gasteiger charge is 2.27. The van der Waals surface area contributed by atoms with Crippen molar-refractivity contribution < 1.29 is 0 Å². The third kappa shape index (κ3) is 3.41. The van der Waals surface area contributed by atoms with Gasteiger partial charge in [0, 0.05) is 10.6 Å². The van der Waals surface area contributed by atoms with Gasteiger partial charge in [-0.3, -0.25) is 9.36 Å². The molecule has 0 aliphatic heterocycles. The molecule has 0 fully saturated rings. The van der Waals surface area contributed by atoms with Gasteiger partial charge in [0.1, 0.15) is 11.6 Å². The molecule has 1 unspecified atom stereocenters. The second-order valence-electron chi connectivity index (χ2n) is 7.97. The first-order valence-electron chi connectivity index (χ1n) is 10.2. The van der Waals surface area contributed by atoms with Crippen molar-refractivity contribution in [1.82, 2.24) is 19.5 Å². The molecule has 3 aromatic carbocycles. The van der Waals surface area contributed by atoms with E-state index in [2.05, 4.69) is 18.8 Å². The molecule has 154 valence electrons. The predicted molar refractivity (Wildman–Crippen MR) is 126 cm³/mol. The molecule has 0 aliphatic rings. The highest BCUT2D eigenvalue weighted by Crippen LogP contribution is 2.31. The first kappa shape index (κ1) is 19.5. The number of nitrogens with one attached hydrogen (secondary N) is 1. The van der Waals surface area contributed by atoms with Gasteiger partial charge >= 0.3 is 0 Å². The Hall–Kier alpha value is -3.44. The van der Waals surface area contributed by atoms with E-state index in [0.717, 1.165) is 16.6 Å². The molecule has 2 heterocycles. The second-order valence-corrected chi connectivity index (χ2v) is 8.40. The molecular weight excluding hydrogens is 408 g/mol. The summed E-state index contributed by atoms with van der Waals surface area (Å²) < 4.78 is 1.78. The van der Waals surface area contributed by atoms with Crippen LogP contribution in [0.3, 0.4) is 0 Å². The van der Waals surface area contributed by atoms with E-state index >= 15 is 0 Å². The smallest absolute Gasteiger partial charge is 0.262 e. The van der Waals surface area contributed by atoms with Crippen LogP contribution in [0, 0.1) is 5.92 Å². The summed E-state index contributed by atoms with van der Waals surface area (Å²) in [5.41, 5.74) is 3.14. The molecule has 1 N–H and O–H groups in total. The van der Waals surface area contributed by atoms with Crippen molar-refractivity contribution >= 4 is 33.5 Å². The molecule has 2 aromatic heterocycles. The maximum Gasteiger partial charge on any atom is 0.262 e. The number of para-hydroxylation sites is 1. The number of nitrogens with zero attached hydrogens (tertiary/aromatic N) is 3. The molecule has 6 heteroatoms. The lowest BCUT2D eigenvalue weighted by Crippen LogP contribution is -2.31. The van der Waals surface area contributed by atoms with Crippen molar-refractivity contribution in [2.45, 2.75) is 19.9 Å². The molecular formula is C25H21ClN4O. The Morgan fingerprint density at radius 1 is 0.903 bits per heavy atom. The number of aromatic amines is 1. The van der Waals surface area contributed by atoms with Gasteiger partial charge in [-0.2, -0.15) is 0 Å². The molecule has 0 bridgehead atoms. The SMILES string of the molecule is CC(C)C(c1nc2ccc(Cl)cc2[nH]1)n1c(-c2ccccc2)nc2ccccc2c1=O. The summed E-state index contributed by atoms with van der Waals surface area (Å²) in [5, 5.41) is 1.23. The number of hydrogen-bond donors (Lipinski definition) is 1. The van der Waals surface area contributed by atoms with Crippen molar-refractivity contribution in [3.63, 3.8) is 0 Å². The van der Waals surface area contributed by atoms with Gasteiger partial charge in [0.15, 0.2) is 0 Å². The number of H-pyrrole nitrogens is 1. The van der Waals surface area contributed by atoms with Gasteiger partial charge in [0.05, 0.1) is 28.0 Å². The van der Waals surface area contributed by atoms with Crippen LogP contribution in [-0.4, -0.2) is 19.5 Å². The maximum atomic E-state index is 13.8. The second kappa shape index (κ2) is 7.67. The number of hydrogen-bond acceptors (Lipinski definition) is 3. The van der Waals surface area contributed by atoms with Crippen LogP contribution in [0.5, 0.6) is 0 Å². The van der Waals surface area contributed by atoms with E-state index in [1.807, 2.05) is 72.8 Å². The lowest BCUT2D eigenvalue weighted by atomic mass is 10.0. The van der Waals surface area contributed by atoms with Crippen LogP contribution in [0.4, 0.5) is 0 Å². The number of rotatable bonds is 4. The van der Waals surface area contributed by atoms with E-state index in [9.17, 15) is 4.79 Å². The zero-order valence-corrected chi connectivity index (χ0v) is 18.0. The van der Waals surface area contributed by atoms with E-state index in [0.29, 0.717) is 27.6 Å². The summed E-state index contributed by atoms with van der Waals surface area (Å²) in [7, 11) is 0.